The topological polar surface area (TPSA) is 29.1 Å². The highest BCUT2D eigenvalue weighted by atomic mass is 32.2. The van der Waals surface area contributed by atoms with E-state index >= 15 is 0 Å². The van der Waals surface area contributed by atoms with Gasteiger partial charge in [0.2, 0.25) is 5.91 Å². The lowest BCUT2D eigenvalue weighted by Crippen LogP contribution is -2.14. The van der Waals surface area contributed by atoms with Gasteiger partial charge in [0.25, 0.3) is 0 Å². The van der Waals surface area contributed by atoms with Gasteiger partial charge in [0, 0.05) is 11.4 Å². The summed E-state index contributed by atoms with van der Waals surface area (Å²) in [6, 6.07) is 14.7. The average Bonchev–Trinajstić information content (AvgIpc) is 2.44. The van der Waals surface area contributed by atoms with Gasteiger partial charge in [-0.1, -0.05) is 36.4 Å². The van der Waals surface area contributed by atoms with Crippen molar-refractivity contribution in [1.82, 2.24) is 0 Å². The Labute approximate surface area is 122 Å². The smallest absolute Gasteiger partial charge is 0.234 e. The van der Waals surface area contributed by atoms with E-state index < -0.39 is 0 Å². The molecule has 4 heteroatoms. The maximum absolute atomic E-state index is 13.3. The zero-order valence-electron chi connectivity index (χ0n) is 11.2. The molecule has 0 aliphatic heterocycles. The van der Waals surface area contributed by atoms with Crippen molar-refractivity contribution >= 4 is 23.4 Å². The lowest BCUT2D eigenvalue weighted by molar-refractivity contribution is -0.113. The average molecular weight is 289 g/mol. The molecule has 1 amide bonds. The number of carbonyl (C=O) groups excluding carboxylic acids is 1. The summed E-state index contributed by atoms with van der Waals surface area (Å²) >= 11 is 1.54. The Morgan fingerprint density at radius 2 is 1.95 bits per heavy atom. The normalized spacial score (nSPS) is 10.3. The first-order chi connectivity index (χ1) is 9.65. The molecule has 0 aliphatic carbocycles. The largest absolute Gasteiger partial charge is 0.325 e. The molecular formula is C16H16FNOS. The quantitative estimate of drug-likeness (QED) is 0.901. The number of rotatable bonds is 5. The number of amides is 1. The van der Waals surface area contributed by atoms with Crippen molar-refractivity contribution in [2.75, 3.05) is 11.1 Å². The number of anilines is 1. The Hall–Kier alpha value is -1.81. The van der Waals surface area contributed by atoms with Crippen molar-refractivity contribution in [2.24, 2.45) is 0 Å². The number of halogens is 1. The third-order valence-corrected chi connectivity index (χ3v) is 3.80. The standard InChI is InChI=1S/C16H16FNOS/c1-12-7-8-14(9-15(12)17)18-16(19)11-20-10-13-5-3-2-4-6-13/h2-9H,10-11H2,1H3,(H,18,19). The van der Waals surface area contributed by atoms with E-state index in [-0.39, 0.29) is 11.7 Å². The van der Waals surface area contributed by atoms with Gasteiger partial charge in [-0.2, -0.15) is 0 Å². The molecule has 0 unspecified atom stereocenters. The Bertz CT molecular complexity index is 586. The van der Waals surface area contributed by atoms with Crippen LogP contribution >= 0.6 is 11.8 Å². The van der Waals surface area contributed by atoms with Gasteiger partial charge in [0.15, 0.2) is 0 Å². The van der Waals surface area contributed by atoms with Gasteiger partial charge in [0.05, 0.1) is 5.75 Å². The maximum Gasteiger partial charge on any atom is 0.234 e. The van der Waals surface area contributed by atoms with Gasteiger partial charge in [-0.15, -0.1) is 11.8 Å². The Morgan fingerprint density at radius 1 is 1.20 bits per heavy atom. The fourth-order valence-electron chi connectivity index (χ4n) is 1.70. The van der Waals surface area contributed by atoms with E-state index in [1.807, 2.05) is 30.3 Å². The van der Waals surface area contributed by atoms with Crippen molar-refractivity contribution in [3.05, 3.63) is 65.5 Å². The molecule has 0 radical (unpaired) electrons. The van der Waals surface area contributed by atoms with Crippen LogP contribution in [-0.2, 0) is 10.5 Å². The highest BCUT2D eigenvalue weighted by Gasteiger charge is 2.05. The van der Waals surface area contributed by atoms with Crippen LogP contribution in [0, 0.1) is 12.7 Å². The van der Waals surface area contributed by atoms with Gasteiger partial charge in [-0.25, -0.2) is 4.39 Å². The SMILES string of the molecule is Cc1ccc(NC(=O)CSCc2ccccc2)cc1F. The van der Waals surface area contributed by atoms with Crippen LogP contribution in [0.3, 0.4) is 0 Å². The molecule has 2 aromatic rings. The molecule has 20 heavy (non-hydrogen) atoms. The van der Waals surface area contributed by atoms with Gasteiger partial charge in [-0.05, 0) is 30.2 Å². The molecule has 0 aromatic heterocycles. The fourth-order valence-corrected chi connectivity index (χ4v) is 2.49. The minimum Gasteiger partial charge on any atom is -0.325 e. The first-order valence-corrected chi connectivity index (χ1v) is 7.48. The van der Waals surface area contributed by atoms with E-state index in [1.54, 1.807) is 19.1 Å². The van der Waals surface area contributed by atoms with Crippen LogP contribution in [0.2, 0.25) is 0 Å². The van der Waals surface area contributed by atoms with Crippen LogP contribution in [0.1, 0.15) is 11.1 Å². The van der Waals surface area contributed by atoms with Crippen LogP contribution in [-0.4, -0.2) is 11.7 Å². The third kappa shape index (κ3) is 4.38. The molecule has 2 nitrogen and oxygen atoms in total. The monoisotopic (exact) mass is 289 g/mol. The molecule has 0 atom stereocenters. The molecule has 0 saturated heterocycles. The summed E-state index contributed by atoms with van der Waals surface area (Å²) in [5.41, 5.74) is 2.26. The van der Waals surface area contributed by atoms with E-state index in [0.717, 1.165) is 5.75 Å². The molecule has 0 spiro atoms. The zero-order valence-corrected chi connectivity index (χ0v) is 12.0. The lowest BCUT2D eigenvalue weighted by Gasteiger charge is -2.06. The van der Waals surface area contributed by atoms with Crippen molar-refractivity contribution in [1.29, 1.82) is 0 Å². The molecule has 0 heterocycles. The van der Waals surface area contributed by atoms with Gasteiger partial charge < -0.3 is 5.32 Å². The van der Waals surface area contributed by atoms with Gasteiger partial charge >= 0.3 is 0 Å². The zero-order chi connectivity index (χ0) is 14.4. The predicted molar refractivity (Wildman–Crippen MR) is 82.4 cm³/mol. The summed E-state index contributed by atoms with van der Waals surface area (Å²) in [6.45, 7) is 1.69. The summed E-state index contributed by atoms with van der Waals surface area (Å²) in [5, 5.41) is 2.70. The molecule has 104 valence electrons. The third-order valence-electron chi connectivity index (χ3n) is 2.80. The van der Waals surface area contributed by atoms with Gasteiger partial charge in [-0.3, -0.25) is 4.79 Å². The second-order valence-electron chi connectivity index (χ2n) is 4.49. The molecule has 1 N–H and O–H groups in total. The molecule has 0 bridgehead atoms. The van der Waals surface area contributed by atoms with E-state index in [4.69, 9.17) is 0 Å². The number of carbonyl (C=O) groups is 1. The van der Waals surface area contributed by atoms with Crippen LogP contribution in [0.5, 0.6) is 0 Å². The molecular weight excluding hydrogens is 273 g/mol. The molecule has 0 aliphatic rings. The summed E-state index contributed by atoms with van der Waals surface area (Å²) in [6.07, 6.45) is 0. The summed E-state index contributed by atoms with van der Waals surface area (Å²) in [4.78, 5) is 11.7. The van der Waals surface area contributed by atoms with E-state index in [2.05, 4.69) is 5.32 Å². The molecule has 0 saturated carbocycles. The Kier molecular flexibility index (Phi) is 5.18. The van der Waals surface area contributed by atoms with Gasteiger partial charge in [0.1, 0.15) is 5.82 Å². The second kappa shape index (κ2) is 7.10. The number of hydrogen-bond acceptors (Lipinski definition) is 2. The predicted octanol–water partition coefficient (Wildman–Crippen LogP) is 4.01. The molecule has 0 fully saturated rings. The Balaban J connectivity index is 1.79. The summed E-state index contributed by atoms with van der Waals surface area (Å²) in [7, 11) is 0. The maximum atomic E-state index is 13.3. The van der Waals surface area contributed by atoms with Crippen LogP contribution in [0.4, 0.5) is 10.1 Å². The van der Waals surface area contributed by atoms with Crippen LogP contribution < -0.4 is 5.32 Å². The number of hydrogen-bond donors (Lipinski definition) is 1. The van der Waals surface area contributed by atoms with Crippen LogP contribution in [0.25, 0.3) is 0 Å². The highest BCUT2D eigenvalue weighted by molar-refractivity contribution is 7.99. The molecule has 2 rings (SSSR count). The molecule has 2 aromatic carbocycles. The minimum atomic E-state index is -0.306. The Morgan fingerprint density at radius 3 is 2.65 bits per heavy atom. The van der Waals surface area contributed by atoms with Crippen LogP contribution in [0.15, 0.2) is 48.5 Å². The van der Waals surface area contributed by atoms with E-state index in [9.17, 15) is 9.18 Å². The second-order valence-corrected chi connectivity index (χ2v) is 5.48. The van der Waals surface area contributed by atoms with Crippen molar-refractivity contribution in [2.45, 2.75) is 12.7 Å². The van der Waals surface area contributed by atoms with E-state index in [1.165, 1.54) is 23.4 Å². The fraction of sp³-hybridized carbons (Fsp3) is 0.188. The van der Waals surface area contributed by atoms with Crippen molar-refractivity contribution in [3.8, 4) is 0 Å². The first-order valence-electron chi connectivity index (χ1n) is 6.33. The summed E-state index contributed by atoms with van der Waals surface area (Å²) < 4.78 is 13.3. The number of thioether (sulfide) groups is 1. The highest BCUT2D eigenvalue weighted by Crippen LogP contribution is 2.15. The number of nitrogens with one attached hydrogen (secondary N) is 1. The van der Waals surface area contributed by atoms with Crippen molar-refractivity contribution < 1.29 is 9.18 Å². The first kappa shape index (κ1) is 14.6. The minimum absolute atomic E-state index is 0.116. The lowest BCUT2D eigenvalue weighted by atomic mass is 10.2. The van der Waals surface area contributed by atoms with Crippen molar-refractivity contribution in [3.63, 3.8) is 0 Å². The summed E-state index contributed by atoms with van der Waals surface area (Å²) in [5.74, 6) is 0.717. The number of aryl methyl sites for hydroxylation is 1. The van der Waals surface area contributed by atoms with E-state index in [0.29, 0.717) is 17.0 Å². The number of benzene rings is 2.